The van der Waals surface area contributed by atoms with E-state index >= 15 is 0 Å². The Hall–Kier alpha value is -1.32. The number of hydrogen-bond donors (Lipinski definition) is 2. The number of rotatable bonds is 2. The molecule has 0 aliphatic carbocycles. The van der Waals surface area contributed by atoms with Crippen molar-refractivity contribution in [1.82, 2.24) is 15.2 Å². The Morgan fingerprint density at radius 2 is 2.12 bits per heavy atom. The smallest absolute Gasteiger partial charge is 0.0605 e. The van der Waals surface area contributed by atoms with Crippen LogP contribution >= 0.6 is 0 Å². The minimum Gasteiger partial charge on any atom is -0.357 e. The minimum absolute atomic E-state index is 0.432. The third kappa shape index (κ3) is 1.85. The van der Waals surface area contributed by atoms with Crippen LogP contribution in [0.3, 0.4) is 0 Å². The van der Waals surface area contributed by atoms with E-state index in [4.69, 9.17) is 0 Å². The molecule has 0 saturated heterocycles. The highest BCUT2D eigenvalue weighted by atomic mass is 15.1. The standard InChI is InChI=1S/C14H19N3/c1-17(2)9-13-14-11(7-8-15-13)10-5-3-4-6-12(10)16-14/h3-6,13,15-16H,7-9H2,1-2H3. The third-order valence-corrected chi connectivity index (χ3v) is 3.51. The Kier molecular flexibility index (Phi) is 2.65. The number of fused-ring (bicyclic) bond motifs is 3. The summed E-state index contributed by atoms with van der Waals surface area (Å²) in [5, 5.41) is 4.99. The maximum Gasteiger partial charge on any atom is 0.0605 e. The van der Waals surface area contributed by atoms with E-state index in [-0.39, 0.29) is 0 Å². The van der Waals surface area contributed by atoms with Crippen LogP contribution in [-0.2, 0) is 6.42 Å². The fourth-order valence-corrected chi connectivity index (χ4v) is 2.78. The molecule has 3 nitrogen and oxygen atoms in total. The summed E-state index contributed by atoms with van der Waals surface area (Å²) < 4.78 is 0. The van der Waals surface area contributed by atoms with Crippen molar-refractivity contribution in [3.8, 4) is 0 Å². The first kappa shape index (κ1) is 10.8. The molecule has 0 spiro atoms. The van der Waals surface area contributed by atoms with Crippen LogP contribution in [-0.4, -0.2) is 37.1 Å². The van der Waals surface area contributed by atoms with Crippen molar-refractivity contribution < 1.29 is 0 Å². The zero-order valence-corrected chi connectivity index (χ0v) is 10.5. The van der Waals surface area contributed by atoms with Gasteiger partial charge in [-0.1, -0.05) is 18.2 Å². The molecule has 0 bridgehead atoms. The first-order chi connectivity index (χ1) is 8.25. The predicted molar refractivity (Wildman–Crippen MR) is 71.3 cm³/mol. The lowest BCUT2D eigenvalue weighted by atomic mass is 9.99. The summed E-state index contributed by atoms with van der Waals surface area (Å²) in [6, 6.07) is 9.04. The second-order valence-electron chi connectivity index (χ2n) is 5.08. The lowest BCUT2D eigenvalue weighted by Gasteiger charge is -2.26. The highest BCUT2D eigenvalue weighted by molar-refractivity contribution is 5.85. The van der Waals surface area contributed by atoms with E-state index in [0.29, 0.717) is 6.04 Å². The van der Waals surface area contributed by atoms with Crippen LogP contribution in [0.5, 0.6) is 0 Å². The fraction of sp³-hybridized carbons (Fsp3) is 0.429. The van der Waals surface area contributed by atoms with Crippen LogP contribution in [0.25, 0.3) is 10.9 Å². The Bertz CT molecular complexity index is 527. The van der Waals surface area contributed by atoms with Crippen molar-refractivity contribution in [3.63, 3.8) is 0 Å². The second-order valence-corrected chi connectivity index (χ2v) is 5.08. The second kappa shape index (κ2) is 4.17. The highest BCUT2D eigenvalue weighted by Crippen LogP contribution is 2.29. The topological polar surface area (TPSA) is 31.1 Å². The van der Waals surface area contributed by atoms with Crippen molar-refractivity contribution in [2.24, 2.45) is 0 Å². The molecule has 3 heteroatoms. The molecule has 0 saturated carbocycles. The van der Waals surface area contributed by atoms with E-state index < -0.39 is 0 Å². The summed E-state index contributed by atoms with van der Waals surface area (Å²) in [7, 11) is 4.25. The highest BCUT2D eigenvalue weighted by Gasteiger charge is 2.23. The third-order valence-electron chi connectivity index (χ3n) is 3.51. The summed E-state index contributed by atoms with van der Waals surface area (Å²) in [6.45, 7) is 2.12. The molecule has 1 aliphatic heterocycles. The van der Waals surface area contributed by atoms with Crippen LogP contribution in [0.15, 0.2) is 24.3 Å². The predicted octanol–water partition coefficient (Wildman–Crippen LogP) is 1.92. The van der Waals surface area contributed by atoms with E-state index in [0.717, 1.165) is 19.5 Å². The minimum atomic E-state index is 0.432. The average Bonchev–Trinajstić information content (AvgIpc) is 2.68. The van der Waals surface area contributed by atoms with Gasteiger partial charge in [-0.3, -0.25) is 0 Å². The van der Waals surface area contributed by atoms with Gasteiger partial charge in [0.25, 0.3) is 0 Å². The maximum absolute atomic E-state index is 3.59. The first-order valence-electron chi connectivity index (χ1n) is 6.23. The van der Waals surface area contributed by atoms with Crippen LogP contribution in [0.4, 0.5) is 0 Å². The molecular weight excluding hydrogens is 210 g/mol. The maximum atomic E-state index is 3.59. The van der Waals surface area contributed by atoms with Gasteiger partial charge in [-0.2, -0.15) is 0 Å². The number of likely N-dealkylation sites (N-methyl/N-ethyl adjacent to an activating group) is 1. The molecule has 17 heavy (non-hydrogen) atoms. The van der Waals surface area contributed by atoms with Crippen molar-refractivity contribution in [2.75, 3.05) is 27.2 Å². The summed E-state index contributed by atoms with van der Waals surface area (Å²) in [5.74, 6) is 0. The number of H-pyrrole nitrogens is 1. The lowest BCUT2D eigenvalue weighted by Crippen LogP contribution is -2.36. The van der Waals surface area contributed by atoms with Crippen LogP contribution in [0.2, 0.25) is 0 Å². The number of nitrogens with one attached hydrogen (secondary N) is 2. The van der Waals surface area contributed by atoms with Gasteiger partial charge in [0.05, 0.1) is 6.04 Å². The van der Waals surface area contributed by atoms with E-state index in [1.54, 1.807) is 0 Å². The van der Waals surface area contributed by atoms with Gasteiger partial charge in [-0.15, -0.1) is 0 Å². The number of hydrogen-bond acceptors (Lipinski definition) is 2. The van der Waals surface area contributed by atoms with Gasteiger partial charge in [-0.25, -0.2) is 0 Å². The monoisotopic (exact) mass is 229 g/mol. The first-order valence-corrected chi connectivity index (χ1v) is 6.23. The molecular formula is C14H19N3. The molecule has 1 aliphatic rings. The van der Waals surface area contributed by atoms with E-state index in [1.807, 2.05) is 0 Å². The van der Waals surface area contributed by atoms with E-state index in [9.17, 15) is 0 Å². The van der Waals surface area contributed by atoms with Crippen LogP contribution in [0, 0.1) is 0 Å². The number of benzene rings is 1. The SMILES string of the molecule is CN(C)CC1NCCc2c1[nH]c1ccccc21. The van der Waals surface area contributed by atoms with Crippen molar-refractivity contribution in [1.29, 1.82) is 0 Å². The molecule has 1 aromatic heterocycles. The van der Waals surface area contributed by atoms with E-state index in [2.05, 4.69) is 53.6 Å². The molecule has 2 heterocycles. The molecule has 1 aromatic carbocycles. The molecule has 0 amide bonds. The zero-order valence-electron chi connectivity index (χ0n) is 10.5. The van der Waals surface area contributed by atoms with Gasteiger partial charge >= 0.3 is 0 Å². The van der Waals surface area contributed by atoms with Gasteiger partial charge < -0.3 is 15.2 Å². The molecule has 3 rings (SSSR count). The molecule has 1 unspecified atom stereocenters. The van der Waals surface area contributed by atoms with E-state index in [1.165, 1.54) is 22.2 Å². The molecule has 90 valence electrons. The summed E-state index contributed by atoms with van der Waals surface area (Å²) in [4.78, 5) is 5.82. The van der Waals surface area contributed by atoms with Crippen molar-refractivity contribution in [2.45, 2.75) is 12.5 Å². The van der Waals surface area contributed by atoms with Crippen molar-refractivity contribution in [3.05, 3.63) is 35.5 Å². The Morgan fingerprint density at radius 3 is 2.94 bits per heavy atom. The number of aromatic nitrogens is 1. The van der Waals surface area contributed by atoms with Gasteiger partial charge in [0, 0.05) is 23.1 Å². The normalized spacial score (nSPS) is 19.8. The van der Waals surface area contributed by atoms with Gasteiger partial charge in [0.2, 0.25) is 0 Å². The van der Waals surface area contributed by atoms with Crippen molar-refractivity contribution >= 4 is 10.9 Å². The molecule has 2 aromatic rings. The molecule has 2 N–H and O–H groups in total. The Labute approximate surface area is 102 Å². The quantitative estimate of drug-likeness (QED) is 0.824. The zero-order chi connectivity index (χ0) is 11.8. The average molecular weight is 229 g/mol. The lowest BCUT2D eigenvalue weighted by molar-refractivity contribution is 0.331. The summed E-state index contributed by atoms with van der Waals surface area (Å²) >= 11 is 0. The fourth-order valence-electron chi connectivity index (χ4n) is 2.78. The largest absolute Gasteiger partial charge is 0.357 e. The summed E-state index contributed by atoms with van der Waals surface area (Å²) in [5.41, 5.74) is 4.15. The van der Waals surface area contributed by atoms with Gasteiger partial charge in [0.15, 0.2) is 0 Å². The summed E-state index contributed by atoms with van der Waals surface area (Å²) in [6.07, 6.45) is 1.13. The molecule has 0 radical (unpaired) electrons. The van der Waals surface area contributed by atoms with Gasteiger partial charge in [-0.05, 0) is 38.7 Å². The number of nitrogens with zero attached hydrogens (tertiary/aromatic N) is 1. The van der Waals surface area contributed by atoms with Crippen LogP contribution in [0.1, 0.15) is 17.3 Å². The Balaban J connectivity index is 2.07. The Morgan fingerprint density at radius 1 is 1.29 bits per heavy atom. The van der Waals surface area contributed by atoms with Gasteiger partial charge in [0.1, 0.15) is 0 Å². The number of para-hydroxylation sites is 1. The molecule has 1 atom stereocenters. The molecule has 0 fully saturated rings. The number of aromatic amines is 1. The van der Waals surface area contributed by atoms with Crippen LogP contribution < -0.4 is 5.32 Å².